The Labute approximate surface area is 168 Å². The van der Waals surface area contributed by atoms with E-state index in [4.69, 9.17) is 0 Å². The van der Waals surface area contributed by atoms with E-state index >= 15 is 0 Å². The number of rotatable bonds is 6. The fourth-order valence-corrected chi connectivity index (χ4v) is 3.00. The number of nitrogens with zero attached hydrogens (tertiary/aromatic N) is 1. The number of aromatic hydroxyl groups is 1. The first-order valence-electron chi connectivity index (χ1n) is 9.17. The fraction of sp³-hybridized carbons (Fsp3) is 0.227. The molecule has 7 heteroatoms. The van der Waals surface area contributed by atoms with Gasteiger partial charge >= 0.3 is 0 Å². The summed E-state index contributed by atoms with van der Waals surface area (Å²) in [4.78, 5) is 37.7. The van der Waals surface area contributed by atoms with Crippen molar-refractivity contribution < 1.29 is 9.90 Å². The molecule has 0 fully saturated rings. The molecule has 0 radical (unpaired) electrons. The molecule has 1 amide bonds. The average Bonchev–Trinajstić information content (AvgIpc) is 2.71. The molecule has 0 unspecified atom stereocenters. The Morgan fingerprint density at radius 2 is 1.62 bits per heavy atom. The Morgan fingerprint density at radius 1 is 1.00 bits per heavy atom. The van der Waals surface area contributed by atoms with E-state index < -0.39 is 10.9 Å². The molecule has 1 atom stereocenters. The third-order valence-electron chi connectivity index (χ3n) is 4.78. The summed E-state index contributed by atoms with van der Waals surface area (Å²) in [7, 11) is 3.15. The summed E-state index contributed by atoms with van der Waals surface area (Å²) < 4.78 is 0. The molecule has 0 saturated heterocycles. The van der Waals surface area contributed by atoms with Crippen molar-refractivity contribution >= 4 is 23.0 Å². The number of benzene rings is 2. The molecule has 150 valence electrons. The molecule has 0 aliphatic rings. The standard InChI is InChI=1S/C22H23N3O4/c1-12-8-10-14(11-9-12)13(2)23-17-18(21(28)20(17)27)24-16-7-5-6-15(19(16)26)22(29)25(3)4/h5-11,13,23-24,26H,1-4H3/t13-/m0/s1. The Bertz CT molecular complexity index is 1130. The van der Waals surface area contributed by atoms with Gasteiger partial charge in [0, 0.05) is 20.1 Å². The summed E-state index contributed by atoms with van der Waals surface area (Å²) in [5.74, 6) is -0.653. The lowest BCUT2D eigenvalue weighted by molar-refractivity contribution is 0.0824. The first-order chi connectivity index (χ1) is 13.7. The minimum absolute atomic E-state index is 0.0683. The van der Waals surface area contributed by atoms with E-state index in [1.807, 2.05) is 38.1 Å². The number of amides is 1. The summed E-state index contributed by atoms with van der Waals surface area (Å²) in [5, 5.41) is 16.3. The van der Waals surface area contributed by atoms with Crippen molar-refractivity contribution in [1.29, 1.82) is 0 Å². The van der Waals surface area contributed by atoms with E-state index in [0.29, 0.717) is 0 Å². The predicted octanol–water partition coefficient (Wildman–Crippen LogP) is 2.92. The van der Waals surface area contributed by atoms with Gasteiger partial charge in [0.2, 0.25) is 0 Å². The SMILES string of the molecule is Cc1ccc([C@H](C)Nc2c(Nc3cccc(C(=O)N(C)C)c3O)c(=O)c2=O)cc1. The molecule has 0 saturated carbocycles. The molecule has 0 heterocycles. The van der Waals surface area contributed by atoms with Gasteiger partial charge in [-0.1, -0.05) is 35.9 Å². The van der Waals surface area contributed by atoms with Crippen molar-refractivity contribution in [3.8, 4) is 5.75 Å². The zero-order valence-corrected chi connectivity index (χ0v) is 16.7. The van der Waals surface area contributed by atoms with Crippen LogP contribution in [0.5, 0.6) is 5.75 Å². The van der Waals surface area contributed by atoms with Crippen molar-refractivity contribution in [2.24, 2.45) is 0 Å². The van der Waals surface area contributed by atoms with Gasteiger partial charge in [0.25, 0.3) is 16.8 Å². The molecule has 7 nitrogen and oxygen atoms in total. The maximum Gasteiger partial charge on any atom is 0.257 e. The van der Waals surface area contributed by atoms with Gasteiger partial charge in [0.15, 0.2) is 5.75 Å². The first kappa shape index (κ1) is 20.1. The fourth-order valence-electron chi connectivity index (χ4n) is 3.00. The first-order valence-corrected chi connectivity index (χ1v) is 9.17. The van der Waals surface area contributed by atoms with Crippen LogP contribution in [0.25, 0.3) is 0 Å². The molecule has 3 rings (SSSR count). The van der Waals surface area contributed by atoms with Crippen LogP contribution in [-0.2, 0) is 0 Å². The van der Waals surface area contributed by atoms with Crippen molar-refractivity contribution in [1.82, 2.24) is 4.90 Å². The molecular weight excluding hydrogens is 370 g/mol. The Kier molecular flexibility index (Phi) is 5.41. The lowest BCUT2D eigenvalue weighted by Crippen LogP contribution is -2.37. The number of nitrogens with one attached hydrogen (secondary N) is 2. The lowest BCUT2D eigenvalue weighted by atomic mass is 10.0. The second-order valence-corrected chi connectivity index (χ2v) is 7.21. The van der Waals surface area contributed by atoms with E-state index in [2.05, 4.69) is 10.6 Å². The molecule has 0 aromatic heterocycles. The highest BCUT2D eigenvalue weighted by molar-refractivity contribution is 5.99. The van der Waals surface area contributed by atoms with Crippen molar-refractivity contribution in [3.05, 3.63) is 79.6 Å². The third-order valence-corrected chi connectivity index (χ3v) is 4.78. The maximum absolute atomic E-state index is 12.2. The zero-order valence-electron chi connectivity index (χ0n) is 16.7. The van der Waals surface area contributed by atoms with Crippen LogP contribution in [0.4, 0.5) is 17.1 Å². The maximum atomic E-state index is 12.2. The molecule has 3 aromatic carbocycles. The van der Waals surface area contributed by atoms with E-state index in [-0.39, 0.29) is 40.3 Å². The van der Waals surface area contributed by atoms with Gasteiger partial charge in [-0.3, -0.25) is 14.4 Å². The van der Waals surface area contributed by atoms with Gasteiger partial charge in [-0.05, 0) is 31.5 Å². The molecule has 29 heavy (non-hydrogen) atoms. The lowest BCUT2D eigenvalue weighted by Gasteiger charge is -2.21. The Balaban J connectivity index is 1.87. The minimum atomic E-state index is -0.674. The van der Waals surface area contributed by atoms with Gasteiger partial charge in [-0.25, -0.2) is 0 Å². The number of para-hydroxylation sites is 1. The molecule has 3 aromatic rings. The smallest absolute Gasteiger partial charge is 0.257 e. The second kappa shape index (κ2) is 7.79. The van der Waals surface area contributed by atoms with Crippen LogP contribution in [0.3, 0.4) is 0 Å². The van der Waals surface area contributed by atoms with Gasteiger partial charge in [-0.2, -0.15) is 0 Å². The summed E-state index contributed by atoms with van der Waals surface area (Å²) in [6, 6.07) is 12.3. The van der Waals surface area contributed by atoms with Gasteiger partial charge in [0.1, 0.15) is 11.4 Å². The number of phenolic OH excluding ortho intramolecular Hbond substituents is 1. The molecule has 0 aliphatic heterocycles. The van der Waals surface area contributed by atoms with E-state index in [9.17, 15) is 19.5 Å². The second-order valence-electron chi connectivity index (χ2n) is 7.21. The van der Waals surface area contributed by atoms with Gasteiger partial charge in [0.05, 0.1) is 11.3 Å². The highest BCUT2D eigenvalue weighted by atomic mass is 16.3. The summed E-state index contributed by atoms with van der Waals surface area (Å²) >= 11 is 0. The third kappa shape index (κ3) is 3.85. The molecule has 0 spiro atoms. The Morgan fingerprint density at radius 3 is 2.24 bits per heavy atom. The highest BCUT2D eigenvalue weighted by Crippen LogP contribution is 2.32. The monoisotopic (exact) mass is 393 g/mol. The number of anilines is 3. The Hall–Kier alpha value is -3.61. The quantitative estimate of drug-likeness (QED) is 0.440. The topological polar surface area (TPSA) is 98.7 Å². The van der Waals surface area contributed by atoms with E-state index in [1.54, 1.807) is 20.2 Å². The van der Waals surface area contributed by atoms with Gasteiger partial charge < -0.3 is 20.6 Å². The van der Waals surface area contributed by atoms with Crippen LogP contribution >= 0.6 is 0 Å². The van der Waals surface area contributed by atoms with Crippen LogP contribution in [0, 0.1) is 6.92 Å². The number of phenols is 1. The number of carbonyl (C=O) groups excluding carboxylic acids is 1. The number of aryl methyl sites for hydroxylation is 1. The number of carbonyl (C=O) groups is 1. The predicted molar refractivity (Wildman–Crippen MR) is 114 cm³/mol. The zero-order chi connectivity index (χ0) is 21.3. The summed E-state index contributed by atoms with van der Waals surface area (Å²) in [6.07, 6.45) is 0. The molecule has 0 bridgehead atoms. The average molecular weight is 393 g/mol. The van der Waals surface area contributed by atoms with E-state index in [1.165, 1.54) is 17.0 Å². The molecule has 3 N–H and O–H groups in total. The number of hydrogen-bond acceptors (Lipinski definition) is 6. The van der Waals surface area contributed by atoms with Crippen LogP contribution < -0.4 is 21.5 Å². The van der Waals surface area contributed by atoms with Crippen LogP contribution in [0.1, 0.15) is 34.5 Å². The number of hydrogen-bond donors (Lipinski definition) is 3. The van der Waals surface area contributed by atoms with Crippen molar-refractivity contribution in [2.75, 3.05) is 24.7 Å². The molecular formula is C22H23N3O4. The normalized spacial score (nSPS) is 11.9. The van der Waals surface area contributed by atoms with E-state index in [0.717, 1.165) is 11.1 Å². The van der Waals surface area contributed by atoms with Crippen molar-refractivity contribution in [2.45, 2.75) is 19.9 Å². The minimum Gasteiger partial charge on any atom is -0.505 e. The van der Waals surface area contributed by atoms with Crippen LogP contribution in [-0.4, -0.2) is 30.0 Å². The molecule has 0 aliphatic carbocycles. The largest absolute Gasteiger partial charge is 0.505 e. The van der Waals surface area contributed by atoms with Crippen LogP contribution in [0.2, 0.25) is 0 Å². The summed E-state index contributed by atoms with van der Waals surface area (Å²) in [5.41, 5.74) is 1.30. The summed E-state index contributed by atoms with van der Waals surface area (Å²) in [6.45, 7) is 3.88. The van der Waals surface area contributed by atoms with Gasteiger partial charge in [-0.15, -0.1) is 0 Å². The van der Waals surface area contributed by atoms with Crippen molar-refractivity contribution in [3.63, 3.8) is 0 Å². The van der Waals surface area contributed by atoms with Crippen LogP contribution in [0.15, 0.2) is 52.1 Å². The highest BCUT2D eigenvalue weighted by Gasteiger charge is 2.24.